The number of carbonyl (C=O) groups is 2. The highest BCUT2D eigenvalue weighted by Crippen LogP contribution is 2.30. The molecule has 2 amide bonds. The van der Waals surface area contributed by atoms with Crippen molar-refractivity contribution in [3.05, 3.63) is 48.8 Å². The predicted molar refractivity (Wildman–Crippen MR) is 79.0 cm³/mol. The summed E-state index contributed by atoms with van der Waals surface area (Å²) < 4.78 is 0. The van der Waals surface area contributed by atoms with E-state index in [0.29, 0.717) is 12.2 Å². The number of rotatable bonds is 3. The number of aromatic nitrogens is 1. The van der Waals surface area contributed by atoms with E-state index < -0.39 is 12.1 Å². The fraction of sp³-hybridized carbons (Fsp3) is 0.312. The molecule has 2 aliphatic heterocycles. The van der Waals surface area contributed by atoms with E-state index >= 15 is 0 Å². The molecule has 2 atom stereocenters. The van der Waals surface area contributed by atoms with Crippen molar-refractivity contribution in [1.29, 1.82) is 0 Å². The van der Waals surface area contributed by atoms with Crippen LogP contribution in [0.25, 0.3) is 0 Å². The first-order valence-electron chi connectivity index (χ1n) is 7.15. The Morgan fingerprint density at radius 2 is 2.05 bits per heavy atom. The van der Waals surface area contributed by atoms with Gasteiger partial charge in [-0.05, 0) is 30.7 Å². The van der Waals surface area contributed by atoms with Crippen molar-refractivity contribution in [2.45, 2.75) is 25.9 Å². The fourth-order valence-corrected chi connectivity index (χ4v) is 2.77. The van der Waals surface area contributed by atoms with Crippen molar-refractivity contribution in [2.75, 3.05) is 4.90 Å². The van der Waals surface area contributed by atoms with E-state index in [9.17, 15) is 9.59 Å². The first-order chi connectivity index (χ1) is 10.2. The molecule has 0 bridgehead atoms. The highest BCUT2D eigenvalue weighted by atomic mass is 16.2. The van der Waals surface area contributed by atoms with Gasteiger partial charge in [-0.25, -0.2) is 4.98 Å². The molecule has 0 N–H and O–H groups in total. The van der Waals surface area contributed by atoms with Gasteiger partial charge in [0.05, 0.1) is 0 Å². The lowest BCUT2D eigenvalue weighted by atomic mass is 9.95. The van der Waals surface area contributed by atoms with Crippen LogP contribution >= 0.6 is 0 Å². The molecule has 5 nitrogen and oxygen atoms in total. The molecular weight excluding hydrogens is 266 g/mol. The number of allylic oxidation sites excluding steroid dienone is 2. The normalized spacial score (nSPS) is 24.4. The topological polar surface area (TPSA) is 53.5 Å². The quantitative estimate of drug-likeness (QED) is 0.798. The Kier molecular flexibility index (Phi) is 3.56. The second-order valence-electron chi connectivity index (χ2n) is 5.12. The van der Waals surface area contributed by atoms with Gasteiger partial charge < -0.3 is 0 Å². The zero-order valence-corrected chi connectivity index (χ0v) is 11.8. The summed E-state index contributed by atoms with van der Waals surface area (Å²) in [5.41, 5.74) is 0. The van der Waals surface area contributed by atoms with Crippen LogP contribution in [0.1, 0.15) is 19.8 Å². The van der Waals surface area contributed by atoms with E-state index in [2.05, 4.69) is 4.98 Å². The van der Waals surface area contributed by atoms with E-state index in [-0.39, 0.29) is 11.8 Å². The minimum Gasteiger partial charge on any atom is -0.293 e. The summed E-state index contributed by atoms with van der Waals surface area (Å²) in [5, 5.41) is 0. The Bertz CT molecular complexity index is 609. The SMILES string of the molecule is CCCC1C(=O)N2C=CC=CC2N(c2ccccn2)C1=O. The van der Waals surface area contributed by atoms with Crippen LogP contribution in [0.3, 0.4) is 0 Å². The van der Waals surface area contributed by atoms with E-state index in [1.165, 1.54) is 0 Å². The van der Waals surface area contributed by atoms with Crippen molar-refractivity contribution < 1.29 is 9.59 Å². The Morgan fingerprint density at radius 3 is 2.76 bits per heavy atom. The summed E-state index contributed by atoms with van der Waals surface area (Å²) in [4.78, 5) is 32.8. The number of carbonyl (C=O) groups excluding carboxylic acids is 2. The van der Waals surface area contributed by atoms with Crippen LogP contribution in [0.5, 0.6) is 0 Å². The molecule has 0 aliphatic carbocycles. The molecule has 1 fully saturated rings. The standard InChI is InChI=1S/C16H17N3O2/c1-2-7-12-15(20)18-11-6-4-9-14(18)19(16(12)21)13-8-3-5-10-17-13/h3-6,8-12,14H,2,7H2,1H3. The summed E-state index contributed by atoms with van der Waals surface area (Å²) in [6.45, 7) is 1.98. The zero-order chi connectivity index (χ0) is 14.8. The van der Waals surface area contributed by atoms with Gasteiger partial charge >= 0.3 is 0 Å². The minimum atomic E-state index is -0.621. The van der Waals surface area contributed by atoms with Gasteiger partial charge in [0.25, 0.3) is 0 Å². The van der Waals surface area contributed by atoms with Gasteiger partial charge in [0.15, 0.2) is 0 Å². The third-order valence-electron chi connectivity index (χ3n) is 3.75. The lowest BCUT2D eigenvalue weighted by molar-refractivity contribution is -0.145. The molecule has 0 saturated carbocycles. The average Bonchev–Trinajstić information content (AvgIpc) is 2.53. The number of pyridine rings is 1. The number of anilines is 1. The fourth-order valence-electron chi connectivity index (χ4n) is 2.77. The molecule has 0 spiro atoms. The molecule has 3 rings (SSSR count). The maximum Gasteiger partial charge on any atom is 0.242 e. The van der Waals surface area contributed by atoms with Crippen molar-refractivity contribution in [3.8, 4) is 0 Å². The van der Waals surface area contributed by atoms with Crippen LogP contribution in [0.15, 0.2) is 48.8 Å². The molecule has 2 aliphatic rings. The van der Waals surface area contributed by atoms with Crippen LogP contribution in [0.4, 0.5) is 5.82 Å². The van der Waals surface area contributed by atoms with Crippen molar-refractivity contribution in [2.24, 2.45) is 5.92 Å². The molecule has 5 heteroatoms. The van der Waals surface area contributed by atoms with E-state index in [4.69, 9.17) is 0 Å². The van der Waals surface area contributed by atoms with Gasteiger partial charge in [-0.1, -0.05) is 25.5 Å². The lowest BCUT2D eigenvalue weighted by Gasteiger charge is -2.43. The van der Waals surface area contributed by atoms with Gasteiger partial charge in [0, 0.05) is 12.4 Å². The van der Waals surface area contributed by atoms with E-state index in [1.807, 2.05) is 31.2 Å². The molecule has 0 radical (unpaired) electrons. The van der Waals surface area contributed by atoms with Gasteiger partial charge in [0.2, 0.25) is 11.8 Å². The number of amides is 2. The monoisotopic (exact) mass is 283 g/mol. The second kappa shape index (κ2) is 5.52. The van der Waals surface area contributed by atoms with Crippen LogP contribution < -0.4 is 4.90 Å². The molecule has 1 aromatic rings. The Morgan fingerprint density at radius 1 is 1.19 bits per heavy atom. The summed E-state index contributed by atoms with van der Waals surface area (Å²) in [5.74, 6) is -0.336. The molecule has 21 heavy (non-hydrogen) atoms. The second-order valence-corrected chi connectivity index (χ2v) is 5.12. The third-order valence-corrected chi connectivity index (χ3v) is 3.75. The summed E-state index contributed by atoms with van der Waals surface area (Å²) in [6, 6.07) is 5.44. The summed E-state index contributed by atoms with van der Waals surface area (Å²) in [7, 11) is 0. The Hall–Kier alpha value is -2.43. The maximum absolute atomic E-state index is 12.8. The minimum absolute atomic E-state index is 0.125. The highest BCUT2D eigenvalue weighted by Gasteiger charge is 2.45. The molecule has 3 heterocycles. The van der Waals surface area contributed by atoms with Gasteiger partial charge in [0.1, 0.15) is 17.9 Å². The molecule has 2 unspecified atom stereocenters. The smallest absolute Gasteiger partial charge is 0.242 e. The van der Waals surface area contributed by atoms with Gasteiger partial charge in [-0.3, -0.25) is 19.4 Å². The first-order valence-corrected chi connectivity index (χ1v) is 7.15. The molecular formula is C16H17N3O2. The van der Waals surface area contributed by atoms with Gasteiger partial charge in [-0.15, -0.1) is 0 Å². The average molecular weight is 283 g/mol. The molecule has 0 aromatic carbocycles. The highest BCUT2D eigenvalue weighted by molar-refractivity contribution is 6.11. The van der Waals surface area contributed by atoms with E-state index in [1.54, 1.807) is 34.3 Å². The van der Waals surface area contributed by atoms with Crippen LogP contribution in [0.2, 0.25) is 0 Å². The maximum atomic E-state index is 12.8. The van der Waals surface area contributed by atoms with Crippen LogP contribution in [0, 0.1) is 5.92 Å². The van der Waals surface area contributed by atoms with Crippen molar-refractivity contribution in [3.63, 3.8) is 0 Å². The number of hydrogen-bond donors (Lipinski definition) is 0. The molecule has 108 valence electrons. The summed E-state index contributed by atoms with van der Waals surface area (Å²) in [6.07, 6.45) is 9.81. The van der Waals surface area contributed by atoms with Crippen molar-refractivity contribution >= 4 is 17.6 Å². The molecule has 1 aromatic heterocycles. The predicted octanol–water partition coefficient (Wildman–Crippen LogP) is 2.08. The number of fused-ring (bicyclic) bond motifs is 1. The number of hydrogen-bond acceptors (Lipinski definition) is 3. The van der Waals surface area contributed by atoms with E-state index in [0.717, 1.165) is 6.42 Å². The Balaban J connectivity index is 2.03. The van der Waals surface area contributed by atoms with Crippen LogP contribution in [-0.2, 0) is 9.59 Å². The number of nitrogens with zero attached hydrogens (tertiary/aromatic N) is 3. The van der Waals surface area contributed by atoms with Gasteiger partial charge in [-0.2, -0.15) is 0 Å². The molecule has 1 saturated heterocycles. The van der Waals surface area contributed by atoms with Crippen molar-refractivity contribution in [1.82, 2.24) is 9.88 Å². The lowest BCUT2D eigenvalue weighted by Crippen LogP contribution is -2.61. The van der Waals surface area contributed by atoms with Crippen LogP contribution in [-0.4, -0.2) is 27.9 Å². The zero-order valence-electron chi connectivity index (χ0n) is 11.8. The first kappa shape index (κ1) is 13.5. The largest absolute Gasteiger partial charge is 0.293 e. The third kappa shape index (κ3) is 2.24. The Labute approximate surface area is 123 Å². The summed E-state index contributed by atoms with van der Waals surface area (Å²) >= 11 is 0.